The molecule has 84 valence electrons. The Morgan fingerprint density at radius 1 is 1.60 bits per heavy atom. The summed E-state index contributed by atoms with van der Waals surface area (Å²) < 4.78 is 5.94. The molecule has 2 atom stereocenters. The van der Waals surface area contributed by atoms with Gasteiger partial charge in [0, 0.05) is 6.04 Å². The predicted octanol–water partition coefficient (Wildman–Crippen LogP) is 2.95. The Bertz CT molecular complexity index is 282. The van der Waals surface area contributed by atoms with Crippen LogP contribution in [-0.2, 0) is 4.74 Å². The zero-order valence-corrected chi connectivity index (χ0v) is 10.0. The van der Waals surface area contributed by atoms with Crippen LogP contribution in [0.1, 0.15) is 37.9 Å². The highest BCUT2D eigenvalue weighted by Gasteiger charge is 2.26. The van der Waals surface area contributed by atoms with E-state index in [4.69, 9.17) is 10.5 Å². The fourth-order valence-corrected chi connectivity index (χ4v) is 2.33. The van der Waals surface area contributed by atoms with E-state index in [9.17, 15) is 0 Å². The molecule has 0 amide bonds. The van der Waals surface area contributed by atoms with E-state index < -0.39 is 0 Å². The van der Waals surface area contributed by atoms with Crippen LogP contribution in [-0.4, -0.2) is 12.6 Å². The van der Waals surface area contributed by atoms with Gasteiger partial charge in [-0.25, -0.2) is 0 Å². The van der Waals surface area contributed by atoms with Crippen LogP contribution in [0.4, 0.5) is 0 Å². The van der Waals surface area contributed by atoms with Crippen molar-refractivity contribution in [1.82, 2.24) is 0 Å². The monoisotopic (exact) mass is 225 g/mol. The Morgan fingerprint density at radius 3 is 2.93 bits per heavy atom. The second-order valence-corrected chi connectivity index (χ2v) is 5.11. The minimum absolute atomic E-state index is 0.0989. The lowest BCUT2D eigenvalue weighted by atomic mass is 10.0. The van der Waals surface area contributed by atoms with Gasteiger partial charge in [-0.05, 0) is 47.6 Å². The minimum atomic E-state index is 0.0989. The normalized spacial score (nSPS) is 20.1. The molecule has 0 spiro atoms. The van der Waals surface area contributed by atoms with Gasteiger partial charge in [0.1, 0.15) is 0 Å². The number of thiophene rings is 1. The first-order valence-corrected chi connectivity index (χ1v) is 6.64. The van der Waals surface area contributed by atoms with Gasteiger partial charge in [-0.2, -0.15) is 11.3 Å². The van der Waals surface area contributed by atoms with E-state index in [2.05, 4.69) is 23.8 Å². The molecule has 1 heterocycles. The SMILES string of the molecule is CCC(N)C(OCC1CC1)c1ccsc1. The molecule has 0 radical (unpaired) electrons. The lowest BCUT2D eigenvalue weighted by Gasteiger charge is -2.22. The van der Waals surface area contributed by atoms with Crippen LogP contribution in [0.25, 0.3) is 0 Å². The van der Waals surface area contributed by atoms with Gasteiger partial charge in [0.15, 0.2) is 0 Å². The number of ether oxygens (including phenoxy) is 1. The van der Waals surface area contributed by atoms with E-state index in [1.807, 2.05) is 0 Å². The molecule has 1 saturated carbocycles. The molecule has 0 saturated heterocycles. The second-order valence-electron chi connectivity index (χ2n) is 4.33. The summed E-state index contributed by atoms with van der Waals surface area (Å²) in [4.78, 5) is 0. The van der Waals surface area contributed by atoms with E-state index in [-0.39, 0.29) is 12.1 Å². The van der Waals surface area contributed by atoms with Crippen molar-refractivity contribution in [1.29, 1.82) is 0 Å². The van der Waals surface area contributed by atoms with Gasteiger partial charge in [-0.3, -0.25) is 0 Å². The van der Waals surface area contributed by atoms with Gasteiger partial charge in [0.2, 0.25) is 0 Å². The summed E-state index contributed by atoms with van der Waals surface area (Å²) >= 11 is 1.71. The maximum atomic E-state index is 6.09. The van der Waals surface area contributed by atoms with E-state index >= 15 is 0 Å². The summed E-state index contributed by atoms with van der Waals surface area (Å²) in [6.07, 6.45) is 3.72. The quantitative estimate of drug-likeness (QED) is 0.808. The van der Waals surface area contributed by atoms with Gasteiger partial charge in [0.25, 0.3) is 0 Å². The third-order valence-electron chi connectivity index (χ3n) is 2.94. The fourth-order valence-electron chi connectivity index (χ4n) is 1.64. The van der Waals surface area contributed by atoms with E-state index in [1.165, 1.54) is 18.4 Å². The van der Waals surface area contributed by atoms with Crippen LogP contribution in [0.15, 0.2) is 16.8 Å². The van der Waals surface area contributed by atoms with Crippen LogP contribution in [0.2, 0.25) is 0 Å². The predicted molar refractivity (Wildman–Crippen MR) is 64.0 cm³/mol. The molecule has 2 rings (SSSR count). The molecule has 0 bridgehead atoms. The summed E-state index contributed by atoms with van der Waals surface area (Å²) in [5.74, 6) is 0.801. The van der Waals surface area contributed by atoms with E-state index in [0.29, 0.717) is 0 Å². The Kier molecular flexibility index (Phi) is 3.78. The maximum absolute atomic E-state index is 6.09. The minimum Gasteiger partial charge on any atom is -0.372 e. The van der Waals surface area contributed by atoms with Gasteiger partial charge in [-0.15, -0.1) is 0 Å². The second kappa shape index (κ2) is 5.10. The van der Waals surface area contributed by atoms with Crippen LogP contribution >= 0.6 is 11.3 Å². The summed E-state index contributed by atoms with van der Waals surface area (Å²) in [7, 11) is 0. The first kappa shape index (κ1) is 11.1. The molecule has 15 heavy (non-hydrogen) atoms. The molecular weight excluding hydrogens is 206 g/mol. The Labute approximate surface area is 95.4 Å². The molecule has 1 aliphatic rings. The van der Waals surface area contributed by atoms with Crippen LogP contribution in [0.3, 0.4) is 0 Å². The van der Waals surface area contributed by atoms with Crippen molar-refractivity contribution in [3.63, 3.8) is 0 Å². The molecular formula is C12H19NOS. The molecule has 1 aliphatic carbocycles. The van der Waals surface area contributed by atoms with E-state index in [0.717, 1.165) is 18.9 Å². The topological polar surface area (TPSA) is 35.2 Å². The first-order valence-electron chi connectivity index (χ1n) is 5.70. The standard InChI is InChI=1S/C12H19NOS/c1-2-11(13)12(10-5-6-15-8-10)14-7-9-3-4-9/h5-6,8-9,11-12H,2-4,7,13H2,1H3. The summed E-state index contributed by atoms with van der Waals surface area (Å²) in [5.41, 5.74) is 7.34. The molecule has 1 aromatic heterocycles. The number of rotatable bonds is 6. The van der Waals surface area contributed by atoms with Crippen molar-refractivity contribution >= 4 is 11.3 Å². The maximum Gasteiger partial charge on any atom is 0.0983 e. The fraction of sp³-hybridized carbons (Fsp3) is 0.667. The lowest BCUT2D eigenvalue weighted by Crippen LogP contribution is -2.29. The van der Waals surface area contributed by atoms with Gasteiger partial charge < -0.3 is 10.5 Å². The molecule has 0 aliphatic heterocycles. The summed E-state index contributed by atoms with van der Waals surface area (Å²) in [6.45, 7) is 3.00. The molecule has 2 unspecified atom stereocenters. The van der Waals surface area contributed by atoms with Crippen molar-refractivity contribution in [2.75, 3.05) is 6.61 Å². The Balaban J connectivity index is 1.95. The lowest BCUT2D eigenvalue weighted by molar-refractivity contribution is 0.0271. The van der Waals surface area contributed by atoms with Crippen molar-refractivity contribution in [2.45, 2.75) is 38.3 Å². The third-order valence-corrected chi connectivity index (χ3v) is 3.64. The average Bonchev–Trinajstić information content (AvgIpc) is 2.92. The van der Waals surface area contributed by atoms with Crippen LogP contribution in [0.5, 0.6) is 0 Å². The highest BCUT2D eigenvalue weighted by molar-refractivity contribution is 7.07. The molecule has 2 nitrogen and oxygen atoms in total. The largest absolute Gasteiger partial charge is 0.372 e. The van der Waals surface area contributed by atoms with Crippen molar-refractivity contribution in [3.8, 4) is 0 Å². The molecule has 1 aromatic rings. The Hall–Kier alpha value is -0.380. The van der Waals surface area contributed by atoms with Crippen LogP contribution in [0, 0.1) is 5.92 Å². The van der Waals surface area contributed by atoms with E-state index in [1.54, 1.807) is 11.3 Å². The Morgan fingerprint density at radius 2 is 2.40 bits per heavy atom. The third kappa shape index (κ3) is 3.03. The zero-order valence-electron chi connectivity index (χ0n) is 9.19. The number of hydrogen-bond donors (Lipinski definition) is 1. The first-order chi connectivity index (χ1) is 7.31. The van der Waals surface area contributed by atoms with Gasteiger partial charge in [0.05, 0.1) is 12.7 Å². The highest BCUT2D eigenvalue weighted by atomic mass is 32.1. The molecule has 2 N–H and O–H groups in total. The van der Waals surface area contributed by atoms with Crippen molar-refractivity contribution < 1.29 is 4.74 Å². The highest BCUT2D eigenvalue weighted by Crippen LogP contribution is 2.32. The molecule has 1 fully saturated rings. The van der Waals surface area contributed by atoms with Crippen molar-refractivity contribution in [2.24, 2.45) is 11.7 Å². The number of nitrogens with two attached hydrogens (primary N) is 1. The molecule has 3 heteroatoms. The van der Waals surface area contributed by atoms with Gasteiger partial charge in [-0.1, -0.05) is 6.92 Å². The van der Waals surface area contributed by atoms with Crippen molar-refractivity contribution in [3.05, 3.63) is 22.4 Å². The smallest absolute Gasteiger partial charge is 0.0983 e. The number of hydrogen-bond acceptors (Lipinski definition) is 3. The average molecular weight is 225 g/mol. The summed E-state index contributed by atoms with van der Waals surface area (Å²) in [5, 5.41) is 4.23. The van der Waals surface area contributed by atoms with Gasteiger partial charge >= 0.3 is 0 Å². The van der Waals surface area contributed by atoms with Crippen LogP contribution < -0.4 is 5.73 Å². The molecule has 0 aromatic carbocycles. The summed E-state index contributed by atoms with van der Waals surface area (Å²) in [6, 6.07) is 2.25. The zero-order chi connectivity index (χ0) is 10.7.